The van der Waals surface area contributed by atoms with Gasteiger partial charge >= 0.3 is 0 Å². The number of carbonyl (C=O) groups excluding carboxylic acids is 1. The SMILES string of the molecule is COc1ccc(-c2ccc3c(=O)n(CC[C@@](C)(C(=O)NOC4CCCCO4)S(C)(=O)=O)cnc3c2)c(F)c1. The molecule has 38 heavy (non-hydrogen) atoms. The molecule has 1 fully saturated rings. The van der Waals surface area contributed by atoms with Crippen molar-refractivity contribution in [3.05, 3.63) is 58.9 Å². The van der Waals surface area contributed by atoms with Crippen molar-refractivity contribution in [2.24, 2.45) is 0 Å². The van der Waals surface area contributed by atoms with Crippen molar-refractivity contribution in [3.8, 4) is 16.9 Å². The number of rotatable bonds is 9. The Balaban J connectivity index is 1.54. The number of halogens is 1. The molecule has 3 aromatic rings. The molecule has 0 bridgehead atoms. The maximum Gasteiger partial charge on any atom is 0.264 e. The topological polar surface area (TPSA) is 126 Å². The van der Waals surface area contributed by atoms with Gasteiger partial charge in [-0.3, -0.25) is 14.2 Å². The second-order valence-electron chi connectivity index (χ2n) is 9.42. The van der Waals surface area contributed by atoms with Crippen molar-refractivity contribution in [1.29, 1.82) is 0 Å². The van der Waals surface area contributed by atoms with Crippen molar-refractivity contribution in [3.63, 3.8) is 0 Å². The van der Waals surface area contributed by atoms with E-state index in [1.165, 1.54) is 31.0 Å². The maximum atomic E-state index is 14.5. The molecule has 0 saturated carbocycles. The largest absolute Gasteiger partial charge is 0.497 e. The number of hydrogen-bond acceptors (Lipinski definition) is 8. The second kappa shape index (κ2) is 11.2. The molecule has 12 heteroatoms. The number of carbonyl (C=O) groups is 1. The predicted octanol–water partition coefficient (Wildman–Crippen LogP) is 2.98. The Bertz CT molecular complexity index is 1500. The Labute approximate surface area is 219 Å². The van der Waals surface area contributed by atoms with E-state index in [-0.39, 0.29) is 18.4 Å². The van der Waals surface area contributed by atoms with Crippen LogP contribution in [0.4, 0.5) is 4.39 Å². The number of aryl methyl sites for hydroxylation is 1. The van der Waals surface area contributed by atoms with E-state index in [1.807, 2.05) is 0 Å². The van der Waals surface area contributed by atoms with Crippen molar-refractivity contribution in [2.45, 2.75) is 50.2 Å². The Hall–Kier alpha value is -3.35. The molecular weight excluding hydrogens is 517 g/mol. The minimum absolute atomic E-state index is 0.0897. The van der Waals surface area contributed by atoms with Crippen molar-refractivity contribution < 1.29 is 31.9 Å². The molecule has 0 radical (unpaired) electrons. The van der Waals surface area contributed by atoms with Gasteiger partial charge in [0.1, 0.15) is 11.6 Å². The van der Waals surface area contributed by atoms with E-state index in [9.17, 15) is 22.4 Å². The van der Waals surface area contributed by atoms with Gasteiger partial charge in [-0.25, -0.2) is 28.1 Å². The Morgan fingerprint density at radius 2 is 2.05 bits per heavy atom. The third kappa shape index (κ3) is 5.71. The van der Waals surface area contributed by atoms with E-state index in [2.05, 4.69) is 10.5 Å². The number of hydrogen-bond donors (Lipinski definition) is 1. The Morgan fingerprint density at radius 3 is 2.71 bits per heavy atom. The molecule has 0 aliphatic carbocycles. The first-order valence-corrected chi connectivity index (χ1v) is 14.0. The fourth-order valence-electron chi connectivity index (χ4n) is 4.17. The van der Waals surface area contributed by atoms with E-state index in [1.54, 1.807) is 30.3 Å². The summed E-state index contributed by atoms with van der Waals surface area (Å²) in [5.74, 6) is -0.937. The van der Waals surface area contributed by atoms with Gasteiger partial charge in [-0.2, -0.15) is 0 Å². The van der Waals surface area contributed by atoms with Crippen LogP contribution in [0.25, 0.3) is 22.0 Å². The number of benzene rings is 2. The van der Waals surface area contributed by atoms with Crippen LogP contribution in [0, 0.1) is 5.82 Å². The molecule has 1 aliphatic heterocycles. The van der Waals surface area contributed by atoms with Crippen LogP contribution in [0.2, 0.25) is 0 Å². The van der Waals surface area contributed by atoms with Gasteiger partial charge in [0, 0.05) is 37.5 Å². The standard InChI is InChI=1S/C26H30FN3O7S/c1-26(38(3,33)34,25(32)29-37-23-6-4-5-13-36-23)11-12-30-16-28-22-14-17(7-9-20(22)24(30)31)19-10-8-18(35-2)15-21(19)27/h7-10,14-16,23H,4-6,11-13H2,1-3H3,(H,29,32)/t23?,26-/m0/s1. The number of amides is 1. The van der Waals surface area contributed by atoms with Crippen LogP contribution in [0.15, 0.2) is 47.5 Å². The quantitative estimate of drug-likeness (QED) is 0.406. The van der Waals surface area contributed by atoms with Gasteiger partial charge in [-0.15, -0.1) is 0 Å². The van der Waals surface area contributed by atoms with Crippen LogP contribution in [0.1, 0.15) is 32.6 Å². The first kappa shape index (κ1) is 27.7. The van der Waals surface area contributed by atoms with Gasteiger partial charge in [0.15, 0.2) is 20.9 Å². The van der Waals surface area contributed by atoms with E-state index >= 15 is 0 Å². The van der Waals surface area contributed by atoms with Gasteiger partial charge < -0.3 is 9.47 Å². The van der Waals surface area contributed by atoms with Crippen molar-refractivity contribution in [1.82, 2.24) is 15.0 Å². The molecule has 1 amide bonds. The summed E-state index contributed by atoms with van der Waals surface area (Å²) in [5, 5.41) is 0.272. The van der Waals surface area contributed by atoms with E-state index in [0.29, 0.717) is 35.4 Å². The van der Waals surface area contributed by atoms with Crippen LogP contribution >= 0.6 is 0 Å². The Kier molecular flexibility index (Phi) is 8.14. The fraction of sp³-hybridized carbons (Fsp3) is 0.423. The second-order valence-corrected chi connectivity index (χ2v) is 11.9. The first-order valence-electron chi connectivity index (χ1n) is 12.1. The number of hydroxylamine groups is 1. The lowest BCUT2D eigenvalue weighted by molar-refractivity contribution is -0.201. The molecule has 2 heterocycles. The number of aromatic nitrogens is 2. The summed E-state index contributed by atoms with van der Waals surface area (Å²) in [7, 11) is -2.45. The molecule has 2 atom stereocenters. The van der Waals surface area contributed by atoms with Crippen LogP contribution in [0.3, 0.4) is 0 Å². The van der Waals surface area contributed by atoms with Gasteiger partial charge in [-0.1, -0.05) is 6.07 Å². The molecule has 1 saturated heterocycles. The highest BCUT2D eigenvalue weighted by Gasteiger charge is 2.44. The lowest BCUT2D eigenvalue weighted by Gasteiger charge is -2.28. The molecule has 10 nitrogen and oxygen atoms in total. The normalized spacial score (nSPS) is 17.6. The number of sulfone groups is 1. The molecule has 1 N–H and O–H groups in total. The highest BCUT2D eigenvalue weighted by molar-refractivity contribution is 7.92. The van der Waals surface area contributed by atoms with E-state index in [4.69, 9.17) is 14.3 Å². The number of nitrogens with zero attached hydrogens (tertiary/aromatic N) is 2. The zero-order valence-electron chi connectivity index (χ0n) is 21.4. The van der Waals surface area contributed by atoms with Gasteiger partial charge in [0.05, 0.1) is 24.3 Å². The third-order valence-electron chi connectivity index (χ3n) is 6.86. The summed E-state index contributed by atoms with van der Waals surface area (Å²) < 4.78 is 49.6. The lowest BCUT2D eigenvalue weighted by Crippen LogP contribution is -2.51. The number of fused-ring (bicyclic) bond motifs is 1. The highest BCUT2D eigenvalue weighted by Crippen LogP contribution is 2.28. The molecule has 1 aliphatic rings. The minimum Gasteiger partial charge on any atom is -0.497 e. The molecule has 0 spiro atoms. The smallest absolute Gasteiger partial charge is 0.264 e. The van der Waals surface area contributed by atoms with Crippen molar-refractivity contribution >= 4 is 26.6 Å². The van der Waals surface area contributed by atoms with Crippen LogP contribution in [-0.4, -0.2) is 54.9 Å². The summed E-state index contributed by atoms with van der Waals surface area (Å²) in [6.45, 7) is 1.70. The average molecular weight is 548 g/mol. The molecular formula is C26H30FN3O7S. The minimum atomic E-state index is -3.90. The summed E-state index contributed by atoms with van der Waals surface area (Å²) >= 11 is 0. The molecule has 204 valence electrons. The van der Waals surface area contributed by atoms with Crippen molar-refractivity contribution in [2.75, 3.05) is 20.0 Å². The zero-order chi connectivity index (χ0) is 27.5. The van der Waals surface area contributed by atoms with Crippen LogP contribution < -0.4 is 15.8 Å². The van der Waals surface area contributed by atoms with Gasteiger partial charge in [0.25, 0.3) is 11.5 Å². The number of methoxy groups -OCH3 is 1. The number of ether oxygens (including phenoxy) is 2. The monoisotopic (exact) mass is 547 g/mol. The summed E-state index contributed by atoms with van der Waals surface area (Å²) in [6.07, 6.45) is 3.76. The maximum absolute atomic E-state index is 14.5. The molecule has 2 aromatic carbocycles. The lowest BCUT2D eigenvalue weighted by atomic mass is 10.0. The van der Waals surface area contributed by atoms with Gasteiger partial charge in [-0.05, 0) is 56.0 Å². The van der Waals surface area contributed by atoms with Gasteiger partial charge in [0.2, 0.25) is 0 Å². The molecule has 1 aromatic heterocycles. The fourth-order valence-corrected chi connectivity index (χ4v) is 5.02. The molecule has 4 rings (SSSR count). The summed E-state index contributed by atoms with van der Waals surface area (Å²) in [4.78, 5) is 35.6. The summed E-state index contributed by atoms with van der Waals surface area (Å²) in [6, 6.07) is 9.24. The number of nitrogens with one attached hydrogen (secondary N) is 1. The van der Waals surface area contributed by atoms with E-state index in [0.717, 1.165) is 19.1 Å². The summed E-state index contributed by atoms with van der Waals surface area (Å²) in [5.41, 5.74) is 3.02. The van der Waals surface area contributed by atoms with Crippen LogP contribution in [-0.2, 0) is 30.8 Å². The zero-order valence-corrected chi connectivity index (χ0v) is 22.2. The average Bonchev–Trinajstić information content (AvgIpc) is 2.90. The predicted molar refractivity (Wildman–Crippen MR) is 139 cm³/mol. The molecule has 1 unspecified atom stereocenters. The highest BCUT2D eigenvalue weighted by atomic mass is 32.2. The first-order chi connectivity index (χ1) is 18.0. The van der Waals surface area contributed by atoms with E-state index < -0.39 is 38.2 Å². The van der Waals surface area contributed by atoms with Crippen LogP contribution in [0.5, 0.6) is 5.75 Å². The third-order valence-corrected chi connectivity index (χ3v) is 8.89. The Morgan fingerprint density at radius 1 is 1.26 bits per heavy atom.